The van der Waals surface area contributed by atoms with Gasteiger partial charge in [0.25, 0.3) is 0 Å². The molecular formula is C17H19BrFN. The van der Waals surface area contributed by atoms with E-state index < -0.39 is 0 Å². The molecule has 2 aromatic carbocycles. The van der Waals surface area contributed by atoms with Crippen LogP contribution in [0.15, 0.2) is 53.0 Å². The first-order valence-electron chi connectivity index (χ1n) is 6.93. The highest BCUT2D eigenvalue weighted by atomic mass is 79.9. The largest absolute Gasteiger partial charge is 0.310 e. The topological polar surface area (TPSA) is 12.0 Å². The van der Waals surface area contributed by atoms with E-state index in [1.807, 2.05) is 18.2 Å². The van der Waals surface area contributed by atoms with E-state index in [-0.39, 0.29) is 5.82 Å². The van der Waals surface area contributed by atoms with Crippen LogP contribution in [0.5, 0.6) is 0 Å². The molecule has 0 spiro atoms. The Morgan fingerprint density at radius 2 is 1.90 bits per heavy atom. The Bertz CT molecular complexity index is 542. The van der Waals surface area contributed by atoms with Crippen LogP contribution in [-0.2, 0) is 6.42 Å². The first kappa shape index (κ1) is 15.2. The van der Waals surface area contributed by atoms with Gasteiger partial charge in [-0.05, 0) is 58.6 Å². The van der Waals surface area contributed by atoms with Crippen molar-refractivity contribution in [3.8, 4) is 0 Å². The van der Waals surface area contributed by atoms with E-state index in [9.17, 15) is 4.39 Å². The van der Waals surface area contributed by atoms with Crippen LogP contribution in [0.3, 0.4) is 0 Å². The van der Waals surface area contributed by atoms with E-state index in [1.165, 1.54) is 11.6 Å². The molecule has 0 saturated carbocycles. The third kappa shape index (κ3) is 4.15. The second-order valence-electron chi connectivity index (χ2n) is 4.81. The monoisotopic (exact) mass is 335 g/mol. The first-order chi connectivity index (χ1) is 9.70. The van der Waals surface area contributed by atoms with Gasteiger partial charge in [0, 0.05) is 6.04 Å². The molecule has 1 atom stereocenters. The van der Waals surface area contributed by atoms with E-state index in [2.05, 4.69) is 52.4 Å². The second-order valence-corrected chi connectivity index (χ2v) is 5.66. The molecule has 0 aromatic heterocycles. The van der Waals surface area contributed by atoms with Gasteiger partial charge in [0.1, 0.15) is 5.82 Å². The SMILES string of the molecule is CCNC(CCc1ccc(F)c(Br)c1)c1ccccc1. The molecule has 0 saturated heterocycles. The normalized spacial score (nSPS) is 12.3. The van der Waals surface area contributed by atoms with Crippen molar-refractivity contribution in [3.05, 3.63) is 69.9 Å². The van der Waals surface area contributed by atoms with E-state index in [0.29, 0.717) is 10.5 Å². The molecule has 2 aromatic rings. The van der Waals surface area contributed by atoms with Gasteiger partial charge < -0.3 is 5.32 Å². The summed E-state index contributed by atoms with van der Waals surface area (Å²) in [5.74, 6) is -0.208. The highest BCUT2D eigenvalue weighted by molar-refractivity contribution is 9.10. The molecule has 3 heteroatoms. The molecule has 106 valence electrons. The zero-order chi connectivity index (χ0) is 14.4. The molecule has 1 N–H and O–H groups in total. The minimum atomic E-state index is -0.208. The van der Waals surface area contributed by atoms with Gasteiger partial charge in [0.2, 0.25) is 0 Å². The quantitative estimate of drug-likeness (QED) is 0.793. The zero-order valence-corrected chi connectivity index (χ0v) is 13.2. The fourth-order valence-corrected chi connectivity index (χ4v) is 2.75. The molecular weight excluding hydrogens is 317 g/mol. The maximum atomic E-state index is 13.2. The smallest absolute Gasteiger partial charge is 0.137 e. The third-order valence-corrected chi connectivity index (χ3v) is 3.97. The van der Waals surface area contributed by atoms with Crippen LogP contribution in [0.2, 0.25) is 0 Å². The lowest BCUT2D eigenvalue weighted by atomic mass is 9.99. The Kier molecular flexibility index (Phi) is 5.74. The minimum Gasteiger partial charge on any atom is -0.310 e. The molecule has 0 aliphatic rings. The Hall–Kier alpha value is -1.19. The van der Waals surface area contributed by atoms with Gasteiger partial charge in [0.15, 0.2) is 0 Å². The highest BCUT2D eigenvalue weighted by Crippen LogP contribution is 2.22. The van der Waals surface area contributed by atoms with Crippen LogP contribution in [-0.4, -0.2) is 6.54 Å². The van der Waals surface area contributed by atoms with E-state index in [4.69, 9.17) is 0 Å². The molecule has 0 amide bonds. The number of hydrogen-bond acceptors (Lipinski definition) is 1. The average molecular weight is 336 g/mol. The molecule has 1 unspecified atom stereocenters. The fourth-order valence-electron chi connectivity index (χ4n) is 2.32. The van der Waals surface area contributed by atoms with Gasteiger partial charge in [-0.1, -0.05) is 43.3 Å². The number of hydrogen-bond donors (Lipinski definition) is 1. The molecule has 2 rings (SSSR count). The average Bonchev–Trinajstić information content (AvgIpc) is 2.48. The van der Waals surface area contributed by atoms with Crippen LogP contribution in [0.4, 0.5) is 4.39 Å². The number of aryl methyl sites for hydroxylation is 1. The summed E-state index contributed by atoms with van der Waals surface area (Å²) in [5, 5.41) is 3.51. The van der Waals surface area contributed by atoms with Crippen molar-refractivity contribution in [2.24, 2.45) is 0 Å². The van der Waals surface area contributed by atoms with Crippen molar-refractivity contribution in [2.75, 3.05) is 6.54 Å². The van der Waals surface area contributed by atoms with Crippen LogP contribution in [0, 0.1) is 5.82 Å². The van der Waals surface area contributed by atoms with E-state index in [0.717, 1.165) is 24.9 Å². The van der Waals surface area contributed by atoms with Gasteiger partial charge in [0.05, 0.1) is 4.47 Å². The zero-order valence-electron chi connectivity index (χ0n) is 11.6. The highest BCUT2D eigenvalue weighted by Gasteiger charge is 2.10. The molecule has 0 heterocycles. The second kappa shape index (κ2) is 7.55. The van der Waals surface area contributed by atoms with Gasteiger partial charge >= 0.3 is 0 Å². The van der Waals surface area contributed by atoms with Crippen molar-refractivity contribution < 1.29 is 4.39 Å². The Labute approximate surface area is 128 Å². The third-order valence-electron chi connectivity index (χ3n) is 3.36. The van der Waals surface area contributed by atoms with Crippen molar-refractivity contribution >= 4 is 15.9 Å². The van der Waals surface area contributed by atoms with E-state index in [1.54, 1.807) is 0 Å². The van der Waals surface area contributed by atoms with Gasteiger partial charge in [-0.2, -0.15) is 0 Å². The Morgan fingerprint density at radius 1 is 1.15 bits per heavy atom. The van der Waals surface area contributed by atoms with Crippen LogP contribution in [0.25, 0.3) is 0 Å². The predicted molar refractivity (Wildman–Crippen MR) is 85.3 cm³/mol. The molecule has 0 radical (unpaired) electrons. The summed E-state index contributed by atoms with van der Waals surface area (Å²) in [4.78, 5) is 0. The van der Waals surface area contributed by atoms with E-state index >= 15 is 0 Å². The molecule has 0 aliphatic carbocycles. The molecule has 20 heavy (non-hydrogen) atoms. The minimum absolute atomic E-state index is 0.208. The summed E-state index contributed by atoms with van der Waals surface area (Å²) < 4.78 is 13.8. The lowest BCUT2D eigenvalue weighted by Gasteiger charge is -2.18. The molecule has 0 aliphatic heterocycles. The van der Waals surface area contributed by atoms with Crippen molar-refractivity contribution in [1.29, 1.82) is 0 Å². The Balaban J connectivity index is 2.03. The van der Waals surface area contributed by atoms with Crippen LogP contribution >= 0.6 is 15.9 Å². The van der Waals surface area contributed by atoms with Crippen LogP contribution < -0.4 is 5.32 Å². The van der Waals surface area contributed by atoms with Gasteiger partial charge in [-0.15, -0.1) is 0 Å². The summed E-state index contributed by atoms with van der Waals surface area (Å²) in [7, 11) is 0. The summed E-state index contributed by atoms with van der Waals surface area (Å²) in [6, 6.07) is 16.0. The maximum Gasteiger partial charge on any atom is 0.137 e. The summed E-state index contributed by atoms with van der Waals surface area (Å²) in [6.07, 6.45) is 1.92. The number of rotatable bonds is 6. The molecule has 0 bridgehead atoms. The standard InChI is InChI=1S/C17H19BrFN/c1-2-20-17(14-6-4-3-5-7-14)11-9-13-8-10-16(19)15(18)12-13/h3-8,10,12,17,20H,2,9,11H2,1H3. The Morgan fingerprint density at radius 3 is 2.55 bits per heavy atom. The number of benzene rings is 2. The predicted octanol–water partition coefficient (Wildman–Crippen LogP) is 4.87. The number of halogens is 2. The summed E-state index contributed by atoms with van der Waals surface area (Å²) >= 11 is 3.24. The number of nitrogens with one attached hydrogen (secondary N) is 1. The lowest BCUT2D eigenvalue weighted by molar-refractivity contribution is 0.515. The van der Waals surface area contributed by atoms with Crippen molar-refractivity contribution in [1.82, 2.24) is 5.32 Å². The molecule has 0 fully saturated rings. The lowest BCUT2D eigenvalue weighted by Crippen LogP contribution is -2.21. The van der Waals surface area contributed by atoms with Crippen LogP contribution in [0.1, 0.15) is 30.5 Å². The summed E-state index contributed by atoms with van der Waals surface area (Å²) in [6.45, 7) is 3.05. The van der Waals surface area contributed by atoms with Crippen molar-refractivity contribution in [2.45, 2.75) is 25.8 Å². The first-order valence-corrected chi connectivity index (χ1v) is 7.72. The molecule has 1 nitrogen and oxygen atoms in total. The maximum absolute atomic E-state index is 13.2. The fraction of sp³-hybridized carbons (Fsp3) is 0.294. The van der Waals surface area contributed by atoms with Gasteiger partial charge in [-0.3, -0.25) is 0 Å². The van der Waals surface area contributed by atoms with Gasteiger partial charge in [-0.25, -0.2) is 4.39 Å². The van der Waals surface area contributed by atoms with Crippen molar-refractivity contribution in [3.63, 3.8) is 0 Å². The summed E-state index contributed by atoms with van der Waals surface area (Å²) in [5.41, 5.74) is 2.45.